The van der Waals surface area contributed by atoms with Crippen LogP contribution >= 0.6 is 0 Å². The zero-order chi connectivity index (χ0) is 23.9. The average Bonchev–Trinajstić information content (AvgIpc) is 2.86. The van der Waals surface area contributed by atoms with Crippen molar-refractivity contribution in [1.82, 2.24) is 0 Å². The van der Waals surface area contributed by atoms with Gasteiger partial charge in [-0.2, -0.15) is 0 Å². The fourth-order valence-corrected chi connectivity index (χ4v) is 5.30. The summed E-state index contributed by atoms with van der Waals surface area (Å²) in [5, 5.41) is 7.57. The maximum absolute atomic E-state index is 7.57. The Morgan fingerprint density at radius 1 is 0.242 bits per heavy atom. The molecule has 0 aromatic rings. The second-order valence-corrected chi connectivity index (χ2v) is 10.9. The van der Waals surface area contributed by atoms with Crippen molar-refractivity contribution >= 4 is 0 Å². The van der Waals surface area contributed by atoms with Gasteiger partial charge in [-0.3, -0.25) is 0 Å². The molecule has 3 aliphatic rings. The number of hydrogen-bond donors (Lipinski definition) is 1. The van der Waals surface area contributed by atoms with E-state index in [2.05, 4.69) is 0 Å². The molecule has 200 valence electrons. The zero-order valence-corrected chi connectivity index (χ0v) is 23.4. The molecule has 0 amide bonds. The van der Waals surface area contributed by atoms with Gasteiger partial charge in [0.15, 0.2) is 0 Å². The van der Waals surface area contributed by atoms with Crippen LogP contribution in [0, 0.1) is 0 Å². The third-order valence-electron chi connectivity index (χ3n) is 7.50. The van der Waals surface area contributed by atoms with E-state index in [0.29, 0.717) is 0 Å². The first-order chi connectivity index (χ1) is 16.4. The molecule has 1 nitrogen and oxygen atoms in total. The summed E-state index contributed by atoms with van der Waals surface area (Å²) >= 11 is 0. The summed E-state index contributed by atoms with van der Waals surface area (Å²) in [5.74, 6) is 0. The number of hydrogen-bond acceptors (Lipinski definition) is 1. The highest BCUT2D eigenvalue weighted by Crippen LogP contribution is 2.17. The Hall–Kier alpha value is -0.0400. The molecule has 1 heteroatoms. The van der Waals surface area contributed by atoms with E-state index in [0.717, 1.165) is 0 Å². The van der Waals surface area contributed by atoms with Crippen LogP contribution in [0.4, 0.5) is 0 Å². The molecule has 0 heterocycles. The third-order valence-corrected chi connectivity index (χ3v) is 7.50. The number of aliphatic hydroxyl groups is 1. The lowest BCUT2D eigenvalue weighted by Crippen LogP contribution is -1.85. The summed E-state index contributed by atoms with van der Waals surface area (Å²) in [7, 11) is 0. The van der Waals surface area contributed by atoms with E-state index >= 15 is 0 Å². The van der Waals surface area contributed by atoms with Crippen molar-refractivity contribution in [3.8, 4) is 0 Å². The summed E-state index contributed by atoms with van der Waals surface area (Å²) in [6.07, 6.45) is 45.0. The molecule has 0 unspecified atom stereocenters. The molecule has 0 aromatic heterocycles. The highest BCUT2D eigenvalue weighted by molar-refractivity contribution is 4.53. The van der Waals surface area contributed by atoms with Gasteiger partial charge in [0.25, 0.3) is 0 Å². The Balaban J connectivity index is 0.000000439. The van der Waals surface area contributed by atoms with Crippen molar-refractivity contribution < 1.29 is 5.11 Å². The Kier molecular flexibility index (Phi) is 31.9. The van der Waals surface area contributed by atoms with Crippen molar-refractivity contribution in [3.05, 3.63) is 0 Å². The molecule has 0 atom stereocenters. The van der Waals surface area contributed by atoms with Crippen LogP contribution in [-0.2, 0) is 0 Å². The lowest BCUT2D eigenvalue weighted by atomic mass is 10.0. The summed E-state index contributed by atoms with van der Waals surface area (Å²) in [5.41, 5.74) is 0. The van der Waals surface area contributed by atoms with Crippen molar-refractivity contribution in [2.24, 2.45) is 0 Å². The van der Waals surface area contributed by atoms with E-state index in [9.17, 15) is 0 Å². The van der Waals surface area contributed by atoms with Crippen LogP contribution in [0.2, 0.25) is 0 Å². The average molecular weight is 467 g/mol. The molecule has 0 spiro atoms. The summed E-state index contributed by atoms with van der Waals surface area (Å²) in [6, 6.07) is 0. The van der Waals surface area contributed by atoms with Gasteiger partial charge in [0, 0.05) is 6.61 Å². The van der Waals surface area contributed by atoms with Crippen molar-refractivity contribution in [1.29, 1.82) is 0 Å². The minimum absolute atomic E-state index is 0.250. The van der Waals surface area contributed by atoms with E-state index in [1.54, 1.807) is 6.92 Å². The molecular formula is C32H66O. The lowest BCUT2D eigenvalue weighted by molar-refractivity contribution is 0.318. The van der Waals surface area contributed by atoms with Crippen LogP contribution < -0.4 is 0 Å². The van der Waals surface area contributed by atoms with E-state index < -0.39 is 0 Å². The van der Waals surface area contributed by atoms with Crippen LogP contribution in [0.5, 0.6) is 0 Å². The fraction of sp³-hybridized carbons (Fsp3) is 1.00. The quantitative estimate of drug-likeness (QED) is 0.376. The van der Waals surface area contributed by atoms with Crippen LogP contribution in [0.1, 0.15) is 200 Å². The minimum atomic E-state index is 0.250. The second-order valence-electron chi connectivity index (χ2n) is 10.9. The topological polar surface area (TPSA) is 20.2 Å². The Labute approximate surface area is 211 Å². The van der Waals surface area contributed by atoms with Gasteiger partial charge >= 0.3 is 0 Å². The predicted molar refractivity (Wildman–Crippen MR) is 151 cm³/mol. The van der Waals surface area contributed by atoms with Gasteiger partial charge in [-0.05, 0) is 6.92 Å². The Bertz CT molecular complexity index is 166. The van der Waals surface area contributed by atoms with E-state index in [-0.39, 0.29) is 6.61 Å². The zero-order valence-electron chi connectivity index (χ0n) is 23.4. The Morgan fingerprint density at radius 2 is 0.273 bits per heavy atom. The van der Waals surface area contributed by atoms with Crippen molar-refractivity contribution in [3.63, 3.8) is 0 Å². The monoisotopic (exact) mass is 467 g/mol. The fourth-order valence-electron chi connectivity index (χ4n) is 5.30. The summed E-state index contributed by atoms with van der Waals surface area (Å²) < 4.78 is 0. The molecule has 0 saturated heterocycles. The lowest BCUT2D eigenvalue weighted by Gasteiger charge is -2.05. The Morgan fingerprint density at radius 3 is 0.303 bits per heavy atom. The molecule has 3 aliphatic carbocycles. The van der Waals surface area contributed by atoms with Gasteiger partial charge in [-0.25, -0.2) is 0 Å². The molecule has 3 rings (SSSR count). The number of rotatable bonds is 0. The molecule has 1 N–H and O–H groups in total. The first-order valence-electron chi connectivity index (χ1n) is 16.0. The van der Waals surface area contributed by atoms with Gasteiger partial charge in [0.05, 0.1) is 0 Å². The van der Waals surface area contributed by atoms with E-state index in [1.807, 2.05) is 0 Å². The molecular weight excluding hydrogens is 400 g/mol. The SMILES string of the molecule is C1CCCCCCCCC1.C1CCCCCCCCC1.C1CCCCCCCCC1.CCO. The minimum Gasteiger partial charge on any atom is -0.397 e. The molecule has 3 saturated carbocycles. The highest BCUT2D eigenvalue weighted by Gasteiger charge is 1.97. The second kappa shape index (κ2) is 32.0. The normalized spacial score (nSPS) is 22.4. The van der Waals surface area contributed by atoms with Crippen LogP contribution in [0.25, 0.3) is 0 Å². The molecule has 3 fully saturated rings. The smallest absolute Gasteiger partial charge is 0.0402 e. The first kappa shape index (κ1) is 33.0. The highest BCUT2D eigenvalue weighted by atomic mass is 16.2. The van der Waals surface area contributed by atoms with Gasteiger partial charge in [0.2, 0.25) is 0 Å². The predicted octanol–water partition coefficient (Wildman–Crippen LogP) is 11.7. The molecule has 0 radical (unpaired) electrons. The van der Waals surface area contributed by atoms with Crippen LogP contribution in [-0.4, -0.2) is 11.7 Å². The first-order valence-corrected chi connectivity index (χ1v) is 16.0. The van der Waals surface area contributed by atoms with Gasteiger partial charge < -0.3 is 5.11 Å². The van der Waals surface area contributed by atoms with Crippen molar-refractivity contribution in [2.45, 2.75) is 200 Å². The molecule has 0 bridgehead atoms. The van der Waals surface area contributed by atoms with Crippen LogP contribution in [0.15, 0.2) is 0 Å². The largest absolute Gasteiger partial charge is 0.397 e. The maximum atomic E-state index is 7.57. The summed E-state index contributed by atoms with van der Waals surface area (Å²) in [6.45, 7) is 1.93. The standard InChI is InChI=1S/3C10H20.C2H6O/c3*1-2-4-6-8-10-9-7-5-3-1;1-2-3/h3*1-10H2;3H,2H2,1H3. The molecule has 33 heavy (non-hydrogen) atoms. The van der Waals surface area contributed by atoms with Gasteiger partial charge in [0.1, 0.15) is 0 Å². The van der Waals surface area contributed by atoms with Crippen molar-refractivity contribution in [2.75, 3.05) is 6.61 Å². The van der Waals surface area contributed by atoms with E-state index in [4.69, 9.17) is 5.11 Å². The van der Waals surface area contributed by atoms with E-state index in [1.165, 1.54) is 193 Å². The molecule has 0 aromatic carbocycles. The third kappa shape index (κ3) is 32.0. The van der Waals surface area contributed by atoms with Gasteiger partial charge in [-0.1, -0.05) is 193 Å². The van der Waals surface area contributed by atoms with Gasteiger partial charge in [-0.15, -0.1) is 0 Å². The van der Waals surface area contributed by atoms with Crippen LogP contribution in [0.3, 0.4) is 0 Å². The number of aliphatic hydroxyl groups excluding tert-OH is 1. The molecule has 0 aliphatic heterocycles. The maximum Gasteiger partial charge on any atom is 0.0402 e. The summed E-state index contributed by atoms with van der Waals surface area (Å²) in [4.78, 5) is 0.